The second kappa shape index (κ2) is 5.29. The fourth-order valence-electron chi connectivity index (χ4n) is 4.44. The van der Waals surface area contributed by atoms with Gasteiger partial charge in [-0.1, -0.05) is 32.0 Å². The first-order valence-corrected chi connectivity index (χ1v) is 8.45. The number of fused-ring (bicyclic) bond motifs is 2. The summed E-state index contributed by atoms with van der Waals surface area (Å²) in [5, 5.41) is 0. The van der Waals surface area contributed by atoms with Gasteiger partial charge in [-0.15, -0.1) is 0 Å². The van der Waals surface area contributed by atoms with Gasteiger partial charge in [-0.2, -0.15) is 0 Å². The summed E-state index contributed by atoms with van der Waals surface area (Å²) in [5.74, 6) is 1.79. The molecular formula is C18H26N2O. The molecule has 0 radical (unpaired) electrons. The molecule has 0 saturated carbocycles. The molecule has 3 heteroatoms. The molecule has 3 nitrogen and oxygen atoms in total. The molecule has 1 aromatic rings. The lowest BCUT2D eigenvalue weighted by atomic mass is 9.93. The van der Waals surface area contributed by atoms with E-state index in [1.807, 2.05) is 0 Å². The van der Waals surface area contributed by atoms with E-state index in [-0.39, 0.29) is 0 Å². The van der Waals surface area contributed by atoms with Crippen LogP contribution in [-0.2, 0) is 0 Å². The summed E-state index contributed by atoms with van der Waals surface area (Å²) in [4.78, 5) is 5.48. The Balaban J connectivity index is 1.63. The van der Waals surface area contributed by atoms with Gasteiger partial charge in [0.2, 0.25) is 0 Å². The van der Waals surface area contributed by atoms with Crippen LogP contribution in [0.1, 0.15) is 38.3 Å². The van der Waals surface area contributed by atoms with E-state index in [9.17, 15) is 0 Å². The monoisotopic (exact) mass is 286 g/mol. The lowest BCUT2D eigenvalue weighted by Gasteiger charge is -2.47. The second-order valence-electron chi connectivity index (χ2n) is 7.16. The van der Waals surface area contributed by atoms with Gasteiger partial charge in [-0.05, 0) is 31.4 Å². The Labute approximate surface area is 127 Å². The van der Waals surface area contributed by atoms with E-state index in [4.69, 9.17) is 4.74 Å². The minimum absolute atomic E-state index is 0.455. The molecule has 3 heterocycles. The number of nitrogens with zero attached hydrogens (tertiary/aromatic N) is 2. The summed E-state index contributed by atoms with van der Waals surface area (Å²) in [6.45, 7) is 9.33. The highest BCUT2D eigenvalue weighted by Crippen LogP contribution is 2.40. The molecule has 0 aliphatic carbocycles. The molecule has 4 rings (SSSR count). The molecule has 2 fully saturated rings. The average molecular weight is 286 g/mol. The van der Waals surface area contributed by atoms with Gasteiger partial charge in [0.1, 0.15) is 12.4 Å². The highest BCUT2D eigenvalue weighted by Gasteiger charge is 2.42. The van der Waals surface area contributed by atoms with Crippen molar-refractivity contribution in [3.63, 3.8) is 0 Å². The van der Waals surface area contributed by atoms with Crippen molar-refractivity contribution in [2.75, 3.05) is 26.2 Å². The van der Waals surface area contributed by atoms with Gasteiger partial charge in [0.05, 0.1) is 6.04 Å². The fourth-order valence-corrected chi connectivity index (χ4v) is 4.44. The van der Waals surface area contributed by atoms with Crippen LogP contribution in [0.5, 0.6) is 5.75 Å². The molecule has 0 bridgehead atoms. The van der Waals surface area contributed by atoms with E-state index < -0.39 is 0 Å². The first-order chi connectivity index (χ1) is 10.2. The van der Waals surface area contributed by atoms with Gasteiger partial charge in [-0.25, -0.2) is 0 Å². The van der Waals surface area contributed by atoms with Gasteiger partial charge < -0.3 is 4.74 Å². The van der Waals surface area contributed by atoms with Crippen LogP contribution in [0.2, 0.25) is 0 Å². The lowest BCUT2D eigenvalue weighted by Crippen LogP contribution is -2.58. The van der Waals surface area contributed by atoms with Crippen LogP contribution in [0.15, 0.2) is 24.3 Å². The van der Waals surface area contributed by atoms with Crippen molar-refractivity contribution >= 4 is 0 Å². The fraction of sp³-hybridized carbons (Fsp3) is 0.667. The highest BCUT2D eigenvalue weighted by molar-refractivity contribution is 5.39. The number of hydrogen-bond acceptors (Lipinski definition) is 3. The largest absolute Gasteiger partial charge is 0.491 e. The Morgan fingerprint density at radius 1 is 1.19 bits per heavy atom. The Morgan fingerprint density at radius 3 is 2.90 bits per heavy atom. The van der Waals surface area contributed by atoms with Gasteiger partial charge in [0.25, 0.3) is 0 Å². The van der Waals surface area contributed by atoms with Crippen molar-refractivity contribution in [1.29, 1.82) is 0 Å². The number of benzene rings is 1. The third-order valence-corrected chi connectivity index (χ3v) is 5.61. The van der Waals surface area contributed by atoms with Gasteiger partial charge in [-0.3, -0.25) is 9.80 Å². The smallest absolute Gasteiger partial charge is 0.124 e. The van der Waals surface area contributed by atoms with E-state index in [1.54, 1.807) is 0 Å². The zero-order valence-corrected chi connectivity index (χ0v) is 13.2. The van der Waals surface area contributed by atoms with Crippen LogP contribution < -0.4 is 4.74 Å². The first-order valence-electron chi connectivity index (χ1n) is 8.45. The van der Waals surface area contributed by atoms with Gasteiger partial charge >= 0.3 is 0 Å². The standard InChI is InChI=1S/C18H26N2O/c1-13(2)16-11-19-9-5-6-14(19)10-20(16)17-12-21-18-8-4-3-7-15(17)18/h3-4,7-8,13-14,16-17H,5-6,9-12H2,1-2H3. The Morgan fingerprint density at radius 2 is 2.05 bits per heavy atom. The molecule has 114 valence electrons. The van der Waals surface area contributed by atoms with Crippen LogP contribution in [0.3, 0.4) is 0 Å². The summed E-state index contributed by atoms with van der Waals surface area (Å²) < 4.78 is 5.95. The minimum Gasteiger partial charge on any atom is -0.491 e. The van der Waals surface area contributed by atoms with E-state index >= 15 is 0 Å². The molecule has 3 atom stereocenters. The van der Waals surface area contributed by atoms with Crippen LogP contribution >= 0.6 is 0 Å². The molecule has 3 aliphatic rings. The van der Waals surface area contributed by atoms with Crippen molar-refractivity contribution in [3.8, 4) is 5.75 Å². The first kappa shape index (κ1) is 13.6. The van der Waals surface area contributed by atoms with E-state index in [2.05, 4.69) is 47.9 Å². The summed E-state index contributed by atoms with van der Waals surface area (Å²) in [5.41, 5.74) is 1.40. The minimum atomic E-state index is 0.455. The van der Waals surface area contributed by atoms with Crippen molar-refractivity contribution in [2.45, 2.75) is 44.8 Å². The van der Waals surface area contributed by atoms with Gasteiger partial charge in [0.15, 0.2) is 0 Å². The maximum Gasteiger partial charge on any atom is 0.124 e. The molecule has 0 spiro atoms. The summed E-state index contributed by atoms with van der Waals surface area (Å²) in [6.07, 6.45) is 2.75. The SMILES string of the molecule is CC(C)C1CN2CCCC2CN1C1COc2ccccc21. The van der Waals surface area contributed by atoms with Crippen molar-refractivity contribution in [2.24, 2.45) is 5.92 Å². The Hall–Kier alpha value is -1.06. The third kappa shape index (κ3) is 2.27. The molecule has 0 amide bonds. The molecular weight excluding hydrogens is 260 g/mol. The summed E-state index contributed by atoms with van der Waals surface area (Å²) in [7, 11) is 0. The predicted octanol–water partition coefficient (Wildman–Crippen LogP) is 2.92. The number of hydrogen-bond donors (Lipinski definition) is 0. The maximum atomic E-state index is 5.95. The van der Waals surface area contributed by atoms with Crippen molar-refractivity contribution in [1.82, 2.24) is 9.80 Å². The third-order valence-electron chi connectivity index (χ3n) is 5.61. The average Bonchev–Trinajstić information content (AvgIpc) is 3.11. The molecule has 2 saturated heterocycles. The molecule has 0 aromatic heterocycles. The molecule has 1 aromatic carbocycles. The zero-order valence-electron chi connectivity index (χ0n) is 13.2. The Bertz CT molecular complexity index is 516. The van der Waals surface area contributed by atoms with Crippen LogP contribution in [0.4, 0.5) is 0 Å². The van der Waals surface area contributed by atoms with E-state index in [0.717, 1.165) is 18.4 Å². The number of rotatable bonds is 2. The normalized spacial score (nSPS) is 33.0. The molecule has 3 unspecified atom stereocenters. The lowest BCUT2D eigenvalue weighted by molar-refractivity contribution is -0.00565. The van der Waals surface area contributed by atoms with Crippen LogP contribution in [-0.4, -0.2) is 48.1 Å². The topological polar surface area (TPSA) is 15.7 Å². The van der Waals surface area contributed by atoms with E-state index in [0.29, 0.717) is 18.0 Å². The number of para-hydroxylation sites is 1. The summed E-state index contributed by atoms with van der Waals surface area (Å²) >= 11 is 0. The van der Waals surface area contributed by atoms with Crippen LogP contribution in [0.25, 0.3) is 0 Å². The molecule has 21 heavy (non-hydrogen) atoms. The van der Waals surface area contributed by atoms with E-state index in [1.165, 1.54) is 38.0 Å². The molecule has 3 aliphatic heterocycles. The zero-order chi connectivity index (χ0) is 14.4. The highest BCUT2D eigenvalue weighted by atomic mass is 16.5. The van der Waals surface area contributed by atoms with Gasteiger partial charge in [0, 0.05) is 30.7 Å². The maximum absolute atomic E-state index is 5.95. The molecule has 0 N–H and O–H groups in total. The second-order valence-corrected chi connectivity index (χ2v) is 7.16. The number of piperazine rings is 1. The van der Waals surface area contributed by atoms with Crippen LogP contribution in [0, 0.1) is 5.92 Å². The Kier molecular flexibility index (Phi) is 3.43. The van der Waals surface area contributed by atoms with Crippen molar-refractivity contribution < 1.29 is 4.74 Å². The summed E-state index contributed by atoms with van der Waals surface area (Å²) in [6, 6.07) is 10.5. The quantitative estimate of drug-likeness (QED) is 0.831. The van der Waals surface area contributed by atoms with Crippen molar-refractivity contribution in [3.05, 3.63) is 29.8 Å². The predicted molar refractivity (Wildman–Crippen MR) is 84.6 cm³/mol. The number of ether oxygens (including phenoxy) is 1.